The van der Waals surface area contributed by atoms with E-state index in [-0.39, 0.29) is 5.60 Å². The summed E-state index contributed by atoms with van der Waals surface area (Å²) in [4.78, 5) is 0. The molecule has 0 aromatic heterocycles. The lowest BCUT2D eigenvalue weighted by atomic mass is 9.85. The molecule has 0 aromatic rings. The first kappa shape index (κ1) is 14.3. The van der Waals surface area contributed by atoms with Gasteiger partial charge in [-0.3, -0.25) is 0 Å². The van der Waals surface area contributed by atoms with Crippen molar-refractivity contribution >= 4 is 0 Å². The lowest BCUT2D eigenvalue weighted by molar-refractivity contribution is -0.126. The quantitative estimate of drug-likeness (QED) is 0.841. The van der Waals surface area contributed by atoms with E-state index in [1.807, 2.05) is 0 Å². The van der Waals surface area contributed by atoms with E-state index < -0.39 is 0 Å². The van der Waals surface area contributed by atoms with Gasteiger partial charge >= 0.3 is 0 Å². The van der Waals surface area contributed by atoms with Crippen molar-refractivity contribution < 1.29 is 9.47 Å². The average molecular weight is 255 g/mol. The zero-order chi connectivity index (χ0) is 13.0. The molecular weight excluding hydrogens is 226 g/mol. The van der Waals surface area contributed by atoms with Gasteiger partial charge in [0, 0.05) is 6.54 Å². The van der Waals surface area contributed by atoms with Crippen LogP contribution in [0.5, 0.6) is 0 Å². The molecule has 3 unspecified atom stereocenters. The van der Waals surface area contributed by atoms with Crippen LogP contribution < -0.4 is 5.32 Å². The molecule has 0 radical (unpaired) electrons. The van der Waals surface area contributed by atoms with Crippen LogP contribution in [-0.2, 0) is 9.47 Å². The lowest BCUT2D eigenvalue weighted by Crippen LogP contribution is -2.60. The van der Waals surface area contributed by atoms with Crippen molar-refractivity contribution in [2.75, 3.05) is 19.8 Å². The van der Waals surface area contributed by atoms with Crippen LogP contribution in [0.15, 0.2) is 0 Å². The van der Waals surface area contributed by atoms with Crippen LogP contribution in [0.2, 0.25) is 0 Å². The highest BCUT2D eigenvalue weighted by molar-refractivity contribution is 4.97. The van der Waals surface area contributed by atoms with E-state index in [4.69, 9.17) is 9.47 Å². The Morgan fingerprint density at radius 2 is 2.17 bits per heavy atom. The van der Waals surface area contributed by atoms with Gasteiger partial charge < -0.3 is 14.8 Å². The minimum absolute atomic E-state index is 0.0396. The van der Waals surface area contributed by atoms with Crippen molar-refractivity contribution in [1.82, 2.24) is 5.32 Å². The van der Waals surface area contributed by atoms with E-state index in [0.29, 0.717) is 12.1 Å². The van der Waals surface area contributed by atoms with Gasteiger partial charge in [0.25, 0.3) is 0 Å². The number of ether oxygens (including phenoxy) is 2. The molecule has 18 heavy (non-hydrogen) atoms. The fraction of sp³-hybridized carbons (Fsp3) is 1.00. The third kappa shape index (κ3) is 3.46. The Bertz CT molecular complexity index is 257. The molecule has 2 fully saturated rings. The molecule has 0 amide bonds. The first-order valence-electron chi connectivity index (χ1n) is 7.61. The smallest absolute Gasteiger partial charge is 0.0858 e. The third-order valence-corrected chi connectivity index (χ3v) is 4.47. The average Bonchev–Trinajstić information content (AvgIpc) is 2.52. The van der Waals surface area contributed by atoms with Gasteiger partial charge in [-0.2, -0.15) is 0 Å². The minimum Gasteiger partial charge on any atom is -0.377 e. The summed E-state index contributed by atoms with van der Waals surface area (Å²) in [5, 5.41) is 3.63. The molecule has 2 rings (SSSR count). The van der Waals surface area contributed by atoms with Crippen molar-refractivity contribution in [3.8, 4) is 0 Å². The van der Waals surface area contributed by atoms with Crippen molar-refractivity contribution in [2.45, 2.75) is 70.6 Å². The molecule has 2 aliphatic rings. The van der Waals surface area contributed by atoms with Gasteiger partial charge in [-0.25, -0.2) is 0 Å². The molecule has 1 heterocycles. The maximum absolute atomic E-state index is 6.24. The van der Waals surface area contributed by atoms with Crippen LogP contribution in [0.3, 0.4) is 0 Å². The summed E-state index contributed by atoms with van der Waals surface area (Å²) in [6, 6.07) is 0.374. The highest BCUT2D eigenvalue weighted by Crippen LogP contribution is 2.37. The van der Waals surface area contributed by atoms with Crippen molar-refractivity contribution in [3.05, 3.63) is 0 Å². The largest absolute Gasteiger partial charge is 0.377 e. The lowest BCUT2D eigenvalue weighted by Gasteiger charge is -2.44. The third-order valence-electron chi connectivity index (χ3n) is 4.47. The summed E-state index contributed by atoms with van der Waals surface area (Å²) in [7, 11) is 0. The molecule has 1 saturated carbocycles. The van der Waals surface area contributed by atoms with Gasteiger partial charge in [0.1, 0.15) is 0 Å². The summed E-state index contributed by atoms with van der Waals surface area (Å²) in [6.07, 6.45) is 6.61. The van der Waals surface area contributed by atoms with Gasteiger partial charge in [-0.05, 0) is 39.0 Å². The SMILES string of the molecule is CC1CCCC2(CC1)OCCNC2COC(C)C. The Labute approximate surface area is 112 Å². The number of nitrogens with one attached hydrogen (secondary N) is 1. The first-order chi connectivity index (χ1) is 8.62. The summed E-state index contributed by atoms with van der Waals surface area (Å²) < 4.78 is 12.1. The Morgan fingerprint density at radius 1 is 1.33 bits per heavy atom. The number of hydrogen-bond donors (Lipinski definition) is 1. The maximum atomic E-state index is 6.24. The topological polar surface area (TPSA) is 30.5 Å². The molecule has 1 spiro atoms. The number of morpholine rings is 1. The summed E-state index contributed by atoms with van der Waals surface area (Å²) in [5.74, 6) is 0.849. The second-order valence-corrected chi connectivity index (χ2v) is 6.34. The monoisotopic (exact) mass is 255 g/mol. The van der Waals surface area contributed by atoms with Gasteiger partial charge in [0.2, 0.25) is 0 Å². The fourth-order valence-electron chi connectivity index (χ4n) is 3.28. The molecular formula is C15H29NO2. The highest BCUT2D eigenvalue weighted by atomic mass is 16.5. The Morgan fingerprint density at radius 3 is 2.94 bits per heavy atom. The summed E-state index contributed by atoms with van der Waals surface area (Å²) in [6.45, 7) is 9.17. The predicted octanol–water partition coefficient (Wildman–Crippen LogP) is 2.74. The van der Waals surface area contributed by atoms with Crippen molar-refractivity contribution in [1.29, 1.82) is 0 Å². The molecule has 1 N–H and O–H groups in total. The molecule has 1 saturated heterocycles. The van der Waals surface area contributed by atoms with Crippen LogP contribution in [0, 0.1) is 5.92 Å². The second-order valence-electron chi connectivity index (χ2n) is 6.34. The molecule has 106 valence electrons. The van der Waals surface area contributed by atoms with Crippen molar-refractivity contribution in [2.24, 2.45) is 5.92 Å². The number of hydrogen-bond acceptors (Lipinski definition) is 3. The van der Waals surface area contributed by atoms with Gasteiger partial charge in [-0.1, -0.05) is 19.8 Å². The van der Waals surface area contributed by atoms with Gasteiger partial charge in [-0.15, -0.1) is 0 Å². The maximum Gasteiger partial charge on any atom is 0.0858 e. The van der Waals surface area contributed by atoms with Crippen LogP contribution in [0.25, 0.3) is 0 Å². The molecule has 0 bridgehead atoms. The zero-order valence-electron chi connectivity index (χ0n) is 12.2. The van der Waals surface area contributed by atoms with E-state index in [9.17, 15) is 0 Å². The molecule has 3 heteroatoms. The van der Waals surface area contributed by atoms with E-state index in [0.717, 1.165) is 25.7 Å². The van der Waals surface area contributed by atoms with Crippen LogP contribution in [0.1, 0.15) is 52.9 Å². The minimum atomic E-state index is 0.0396. The van der Waals surface area contributed by atoms with E-state index in [1.165, 1.54) is 32.1 Å². The Kier molecular flexibility index (Phi) is 5.05. The standard InChI is InChI=1S/C15H29NO2/c1-12(2)17-11-14-15(18-10-9-16-14)7-4-5-13(3)6-8-15/h12-14,16H,4-11H2,1-3H3. The van der Waals surface area contributed by atoms with E-state index in [1.54, 1.807) is 0 Å². The molecule has 3 nitrogen and oxygen atoms in total. The predicted molar refractivity (Wildman–Crippen MR) is 73.8 cm³/mol. The van der Waals surface area contributed by atoms with Crippen LogP contribution in [0.4, 0.5) is 0 Å². The van der Waals surface area contributed by atoms with Gasteiger partial charge in [0.05, 0.1) is 31.0 Å². The molecule has 1 aliphatic carbocycles. The molecule has 3 atom stereocenters. The summed E-state index contributed by atoms with van der Waals surface area (Å²) in [5.41, 5.74) is 0.0396. The Balaban J connectivity index is 2.00. The fourth-order valence-corrected chi connectivity index (χ4v) is 3.28. The van der Waals surface area contributed by atoms with E-state index >= 15 is 0 Å². The first-order valence-corrected chi connectivity index (χ1v) is 7.61. The van der Waals surface area contributed by atoms with Crippen LogP contribution >= 0.6 is 0 Å². The second kappa shape index (κ2) is 6.36. The highest BCUT2D eigenvalue weighted by Gasteiger charge is 2.42. The molecule has 0 aromatic carbocycles. The normalized spacial score (nSPS) is 38.0. The van der Waals surface area contributed by atoms with Crippen LogP contribution in [-0.4, -0.2) is 37.5 Å². The van der Waals surface area contributed by atoms with Crippen molar-refractivity contribution in [3.63, 3.8) is 0 Å². The van der Waals surface area contributed by atoms with E-state index in [2.05, 4.69) is 26.1 Å². The zero-order valence-corrected chi connectivity index (χ0v) is 12.2. The van der Waals surface area contributed by atoms with Gasteiger partial charge in [0.15, 0.2) is 0 Å². The number of rotatable bonds is 3. The Hall–Kier alpha value is -0.120. The molecule has 1 aliphatic heterocycles. The summed E-state index contributed by atoms with van der Waals surface area (Å²) >= 11 is 0.